The van der Waals surface area contributed by atoms with Crippen molar-refractivity contribution in [3.8, 4) is 5.75 Å². The Bertz CT molecular complexity index is 383. The number of likely N-dealkylation sites (N-methyl/N-ethyl adjacent to an activating group) is 1. The molecule has 0 aliphatic rings. The van der Waals surface area contributed by atoms with Gasteiger partial charge in [0.1, 0.15) is 11.4 Å². The number of aryl methyl sites for hydroxylation is 2. The summed E-state index contributed by atoms with van der Waals surface area (Å²) in [5.41, 5.74) is 3.60. The van der Waals surface area contributed by atoms with Gasteiger partial charge in [-0.3, -0.25) is 0 Å². The van der Waals surface area contributed by atoms with Gasteiger partial charge >= 0.3 is 0 Å². The van der Waals surface area contributed by atoms with Crippen LogP contribution in [0.2, 0.25) is 0 Å². The third-order valence-electron chi connectivity index (χ3n) is 2.95. The monoisotopic (exact) mass is 235 g/mol. The summed E-state index contributed by atoms with van der Waals surface area (Å²) >= 11 is 0. The smallest absolute Gasteiger partial charge is 0.123 e. The van der Waals surface area contributed by atoms with E-state index in [9.17, 15) is 0 Å². The van der Waals surface area contributed by atoms with E-state index in [4.69, 9.17) is 4.74 Å². The lowest BCUT2D eigenvalue weighted by atomic mass is 10.0. The van der Waals surface area contributed by atoms with Crippen LogP contribution in [0.1, 0.15) is 37.5 Å². The predicted octanol–water partition coefficient (Wildman–Crippen LogP) is 3.38. The first-order valence-corrected chi connectivity index (χ1v) is 6.33. The van der Waals surface area contributed by atoms with Crippen molar-refractivity contribution in [1.82, 2.24) is 5.32 Å². The van der Waals surface area contributed by atoms with Crippen LogP contribution in [-0.2, 0) is 0 Å². The number of nitrogens with one attached hydrogen (secondary N) is 1. The second-order valence-electron chi connectivity index (χ2n) is 5.35. The Balaban J connectivity index is 2.87. The maximum absolute atomic E-state index is 6.13. The number of hydrogen-bond acceptors (Lipinski definition) is 2. The van der Waals surface area contributed by atoms with Crippen LogP contribution in [0.3, 0.4) is 0 Å². The molecule has 0 radical (unpaired) electrons. The SMILES string of the molecule is CCNCC(C)(C)Oc1cc(C)cc(C)c1C. The van der Waals surface area contributed by atoms with Crippen LogP contribution < -0.4 is 10.1 Å². The van der Waals surface area contributed by atoms with Gasteiger partial charge in [0, 0.05) is 6.54 Å². The Kier molecular flexibility index (Phi) is 4.58. The highest BCUT2D eigenvalue weighted by Gasteiger charge is 2.20. The maximum Gasteiger partial charge on any atom is 0.123 e. The molecule has 0 atom stereocenters. The van der Waals surface area contributed by atoms with E-state index in [2.05, 4.69) is 59.0 Å². The largest absolute Gasteiger partial charge is 0.486 e. The van der Waals surface area contributed by atoms with Gasteiger partial charge in [0.2, 0.25) is 0 Å². The summed E-state index contributed by atoms with van der Waals surface area (Å²) in [5.74, 6) is 1.01. The van der Waals surface area contributed by atoms with E-state index >= 15 is 0 Å². The lowest BCUT2D eigenvalue weighted by molar-refractivity contribution is 0.108. The third kappa shape index (κ3) is 4.04. The van der Waals surface area contributed by atoms with Gasteiger partial charge in [0.15, 0.2) is 0 Å². The molecule has 0 spiro atoms. The lowest BCUT2D eigenvalue weighted by Crippen LogP contribution is -2.40. The normalized spacial score (nSPS) is 11.6. The van der Waals surface area contributed by atoms with Crippen molar-refractivity contribution < 1.29 is 4.74 Å². The number of benzene rings is 1. The van der Waals surface area contributed by atoms with Gasteiger partial charge in [0.05, 0.1) is 0 Å². The average molecular weight is 235 g/mol. The summed E-state index contributed by atoms with van der Waals surface area (Å²) in [5, 5.41) is 3.33. The van der Waals surface area contributed by atoms with Crippen LogP contribution in [0.4, 0.5) is 0 Å². The summed E-state index contributed by atoms with van der Waals surface area (Å²) in [6.07, 6.45) is 0. The van der Waals surface area contributed by atoms with Gasteiger partial charge < -0.3 is 10.1 Å². The second kappa shape index (κ2) is 5.54. The van der Waals surface area contributed by atoms with Crippen LogP contribution in [-0.4, -0.2) is 18.7 Å². The van der Waals surface area contributed by atoms with Crippen molar-refractivity contribution in [3.63, 3.8) is 0 Å². The fourth-order valence-electron chi connectivity index (χ4n) is 1.87. The molecule has 2 nitrogen and oxygen atoms in total. The Hall–Kier alpha value is -1.02. The Morgan fingerprint density at radius 2 is 1.82 bits per heavy atom. The summed E-state index contributed by atoms with van der Waals surface area (Å²) in [6.45, 7) is 14.5. The number of rotatable bonds is 5. The van der Waals surface area contributed by atoms with Gasteiger partial charge in [-0.15, -0.1) is 0 Å². The van der Waals surface area contributed by atoms with Crippen molar-refractivity contribution in [1.29, 1.82) is 0 Å². The van der Waals surface area contributed by atoms with Crippen molar-refractivity contribution in [2.24, 2.45) is 0 Å². The van der Waals surface area contributed by atoms with E-state index in [0.29, 0.717) is 0 Å². The molecule has 0 aromatic heterocycles. The molecule has 0 saturated carbocycles. The Morgan fingerprint density at radius 3 is 2.41 bits per heavy atom. The first kappa shape index (κ1) is 14.0. The first-order chi connectivity index (χ1) is 7.85. The minimum Gasteiger partial charge on any atom is -0.486 e. The Labute approximate surface area is 105 Å². The third-order valence-corrected chi connectivity index (χ3v) is 2.95. The quantitative estimate of drug-likeness (QED) is 0.844. The van der Waals surface area contributed by atoms with Crippen LogP contribution in [0, 0.1) is 20.8 Å². The molecule has 0 aliphatic carbocycles. The molecule has 1 N–H and O–H groups in total. The molecule has 0 bridgehead atoms. The summed E-state index contributed by atoms with van der Waals surface area (Å²) in [6, 6.07) is 4.31. The van der Waals surface area contributed by atoms with E-state index in [0.717, 1.165) is 18.8 Å². The van der Waals surface area contributed by atoms with Gasteiger partial charge in [-0.05, 0) is 63.9 Å². The van der Waals surface area contributed by atoms with Gasteiger partial charge in [0.25, 0.3) is 0 Å². The highest BCUT2D eigenvalue weighted by Crippen LogP contribution is 2.26. The standard InChI is InChI=1S/C15H25NO/c1-7-16-10-15(5,6)17-14-9-11(2)8-12(3)13(14)4/h8-9,16H,7,10H2,1-6H3. The van der Waals surface area contributed by atoms with Crippen LogP contribution in [0.15, 0.2) is 12.1 Å². The zero-order valence-corrected chi connectivity index (χ0v) is 12.0. The van der Waals surface area contributed by atoms with E-state index < -0.39 is 0 Å². The van der Waals surface area contributed by atoms with Gasteiger partial charge in [-0.1, -0.05) is 13.0 Å². The van der Waals surface area contributed by atoms with Crippen molar-refractivity contribution in [2.75, 3.05) is 13.1 Å². The molecule has 0 heterocycles. The molecule has 1 rings (SSSR count). The van der Waals surface area contributed by atoms with Gasteiger partial charge in [-0.2, -0.15) is 0 Å². The number of ether oxygens (including phenoxy) is 1. The topological polar surface area (TPSA) is 21.3 Å². The molecule has 17 heavy (non-hydrogen) atoms. The van der Waals surface area contributed by atoms with E-state index in [-0.39, 0.29) is 5.60 Å². The highest BCUT2D eigenvalue weighted by atomic mass is 16.5. The molecule has 1 aromatic rings. The molecule has 0 amide bonds. The predicted molar refractivity (Wildman–Crippen MR) is 73.9 cm³/mol. The lowest BCUT2D eigenvalue weighted by Gasteiger charge is -2.28. The molecule has 0 saturated heterocycles. The van der Waals surface area contributed by atoms with Crippen LogP contribution in [0.5, 0.6) is 5.75 Å². The summed E-state index contributed by atoms with van der Waals surface area (Å²) in [7, 11) is 0. The van der Waals surface area contributed by atoms with E-state index in [1.54, 1.807) is 0 Å². The minimum absolute atomic E-state index is 0.180. The average Bonchev–Trinajstić information content (AvgIpc) is 2.22. The fraction of sp³-hybridized carbons (Fsp3) is 0.600. The highest BCUT2D eigenvalue weighted by molar-refractivity contribution is 5.42. The zero-order chi connectivity index (χ0) is 13.1. The van der Waals surface area contributed by atoms with E-state index in [1.807, 2.05) is 0 Å². The minimum atomic E-state index is -0.180. The van der Waals surface area contributed by atoms with Crippen molar-refractivity contribution >= 4 is 0 Å². The van der Waals surface area contributed by atoms with Crippen molar-refractivity contribution in [3.05, 3.63) is 28.8 Å². The molecular formula is C15H25NO. The molecule has 0 unspecified atom stereocenters. The summed E-state index contributed by atoms with van der Waals surface area (Å²) < 4.78 is 6.13. The first-order valence-electron chi connectivity index (χ1n) is 6.33. The molecule has 2 heteroatoms. The molecular weight excluding hydrogens is 210 g/mol. The molecule has 96 valence electrons. The van der Waals surface area contributed by atoms with Crippen molar-refractivity contribution in [2.45, 2.75) is 47.1 Å². The van der Waals surface area contributed by atoms with E-state index in [1.165, 1.54) is 16.7 Å². The Morgan fingerprint density at radius 1 is 1.18 bits per heavy atom. The maximum atomic E-state index is 6.13. The zero-order valence-electron chi connectivity index (χ0n) is 12.0. The number of hydrogen-bond donors (Lipinski definition) is 1. The van der Waals surface area contributed by atoms with Gasteiger partial charge in [-0.25, -0.2) is 0 Å². The van der Waals surface area contributed by atoms with Crippen LogP contribution in [0.25, 0.3) is 0 Å². The second-order valence-corrected chi connectivity index (χ2v) is 5.35. The molecule has 0 aliphatic heterocycles. The molecule has 1 aromatic carbocycles. The fourth-order valence-corrected chi connectivity index (χ4v) is 1.87. The molecule has 0 fully saturated rings. The summed E-state index contributed by atoms with van der Waals surface area (Å²) in [4.78, 5) is 0. The van der Waals surface area contributed by atoms with Crippen LogP contribution >= 0.6 is 0 Å².